The number of carbonyl (C=O) groups excluding carboxylic acids is 3. The van der Waals surface area contributed by atoms with Crippen LogP contribution in [0.25, 0.3) is 0 Å². The van der Waals surface area contributed by atoms with Gasteiger partial charge >= 0.3 is 0 Å². The number of hydrogen-bond acceptors (Lipinski definition) is 3. The average molecular weight is 323 g/mol. The quantitative estimate of drug-likeness (QED) is 0.719. The Morgan fingerprint density at radius 3 is 2.09 bits per heavy atom. The molecule has 0 aliphatic carbocycles. The molecule has 1 rings (SSSR count). The fraction of sp³-hybridized carbons (Fsp3) is 0.842. The third-order valence-electron chi connectivity index (χ3n) is 4.53. The monoisotopic (exact) mass is 323 g/mol. The van der Waals surface area contributed by atoms with E-state index in [9.17, 15) is 14.4 Å². The number of rotatable bonds is 7. The van der Waals surface area contributed by atoms with E-state index in [4.69, 9.17) is 0 Å². The smallest absolute Gasteiger partial charge is 0.222 e. The summed E-state index contributed by atoms with van der Waals surface area (Å²) in [6.07, 6.45) is 3.70. The number of likely N-dealkylation sites (tertiary alicyclic amines) is 1. The van der Waals surface area contributed by atoms with Crippen molar-refractivity contribution in [2.75, 3.05) is 13.1 Å². The first-order valence-electron chi connectivity index (χ1n) is 8.92. The maximum Gasteiger partial charge on any atom is 0.222 e. The van der Waals surface area contributed by atoms with Gasteiger partial charge in [0.2, 0.25) is 5.91 Å². The van der Waals surface area contributed by atoms with E-state index in [0.717, 1.165) is 25.9 Å². The second-order valence-corrected chi connectivity index (χ2v) is 8.34. The zero-order valence-corrected chi connectivity index (χ0v) is 15.5. The van der Waals surface area contributed by atoms with Gasteiger partial charge < -0.3 is 4.90 Å². The number of carbonyl (C=O) groups is 3. The second kappa shape index (κ2) is 8.60. The molecule has 4 heteroatoms. The summed E-state index contributed by atoms with van der Waals surface area (Å²) in [5.41, 5.74) is -0.359. The van der Waals surface area contributed by atoms with Gasteiger partial charge in [-0.05, 0) is 24.7 Å². The van der Waals surface area contributed by atoms with Gasteiger partial charge in [-0.1, -0.05) is 34.6 Å². The van der Waals surface area contributed by atoms with E-state index in [-0.39, 0.29) is 22.9 Å². The Balaban J connectivity index is 2.29. The third-order valence-corrected chi connectivity index (χ3v) is 4.53. The van der Waals surface area contributed by atoms with Gasteiger partial charge in [0.15, 0.2) is 0 Å². The minimum Gasteiger partial charge on any atom is -0.343 e. The number of ketones is 2. The molecule has 23 heavy (non-hydrogen) atoms. The summed E-state index contributed by atoms with van der Waals surface area (Å²) < 4.78 is 0. The summed E-state index contributed by atoms with van der Waals surface area (Å²) in [5, 5.41) is 0. The van der Waals surface area contributed by atoms with Crippen LogP contribution in [-0.4, -0.2) is 35.5 Å². The van der Waals surface area contributed by atoms with Crippen molar-refractivity contribution in [2.45, 2.75) is 73.1 Å². The van der Waals surface area contributed by atoms with Gasteiger partial charge in [0.05, 0.1) is 0 Å². The summed E-state index contributed by atoms with van der Waals surface area (Å²) in [4.78, 5) is 37.9. The lowest BCUT2D eigenvalue weighted by Gasteiger charge is -2.32. The van der Waals surface area contributed by atoms with Crippen LogP contribution in [0.4, 0.5) is 0 Å². The van der Waals surface area contributed by atoms with Gasteiger partial charge in [-0.3, -0.25) is 14.4 Å². The third kappa shape index (κ3) is 7.28. The molecular formula is C19H33NO3. The van der Waals surface area contributed by atoms with E-state index >= 15 is 0 Å². The van der Waals surface area contributed by atoms with Gasteiger partial charge in [0.1, 0.15) is 11.6 Å². The molecule has 0 atom stereocenters. The van der Waals surface area contributed by atoms with Crippen LogP contribution in [0.5, 0.6) is 0 Å². The standard InChI is InChI=1S/C19H33NO3/c1-14(2)12-18(23)20-10-8-15(9-11-20)13-16(21)6-7-17(22)19(3,4)5/h14-15H,6-13H2,1-5H3. The lowest BCUT2D eigenvalue weighted by molar-refractivity contribution is -0.133. The maximum absolute atomic E-state index is 12.1. The van der Waals surface area contributed by atoms with Crippen LogP contribution in [0.15, 0.2) is 0 Å². The van der Waals surface area contributed by atoms with Crippen molar-refractivity contribution >= 4 is 17.5 Å². The molecule has 1 aliphatic rings. The Labute approximate surface area is 141 Å². The molecule has 1 heterocycles. The number of Topliss-reactive ketones (excluding diaryl/α,β-unsaturated/α-hetero) is 2. The molecule has 1 aliphatic heterocycles. The van der Waals surface area contributed by atoms with Gasteiger partial charge in [0, 0.05) is 44.2 Å². The Hall–Kier alpha value is -1.19. The maximum atomic E-state index is 12.1. The molecule has 0 unspecified atom stereocenters. The van der Waals surface area contributed by atoms with Crippen LogP contribution in [0, 0.1) is 17.3 Å². The molecule has 1 amide bonds. The summed E-state index contributed by atoms with van der Waals surface area (Å²) in [6.45, 7) is 11.3. The first kappa shape index (κ1) is 19.9. The average Bonchev–Trinajstić information content (AvgIpc) is 2.43. The van der Waals surface area contributed by atoms with Gasteiger partial charge in [0.25, 0.3) is 0 Å². The highest BCUT2D eigenvalue weighted by Crippen LogP contribution is 2.24. The lowest BCUT2D eigenvalue weighted by Crippen LogP contribution is -2.39. The first-order chi connectivity index (χ1) is 10.6. The Morgan fingerprint density at radius 1 is 1.04 bits per heavy atom. The number of nitrogens with zero attached hydrogens (tertiary/aromatic N) is 1. The van der Waals surface area contributed by atoms with Crippen LogP contribution < -0.4 is 0 Å². The van der Waals surface area contributed by atoms with Crippen LogP contribution >= 0.6 is 0 Å². The molecule has 0 bridgehead atoms. The molecule has 0 aromatic heterocycles. The first-order valence-corrected chi connectivity index (χ1v) is 8.92. The van der Waals surface area contributed by atoms with Crippen LogP contribution in [0.2, 0.25) is 0 Å². The van der Waals surface area contributed by atoms with E-state index < -0.39 is 0 Å². The predicted molar refractivity (Wildman–Crippen MR) is 92.1 cm³/mol. The Morgan fingerprint density at radius 2 is 1.61 bits per heavy atom. The topological polar surface area (TPSA) is 54.5 Å². The van der Waals surface area contributed by atoms with Crippen molar-refractivity contribution in [2.24, 2.45) is 17.3 Å². The fourth-order valence-corrected chi connectivity index (χ4v) is 2.92. The van der Waals surface area contributed by atoms with Crippen molar-refractivity contribution < 1.29 is 14.4 Å². The highest BCUT2D eigenvalue weighted by atomic mass is 16.2. The van der Waals surface area contributed by atoms with Crippen molar-refractivity contribution in [1.82, 2.24) is 4.90 Å². The van der Waals surface area contributed by atoms with Crippen molar-refractivity contribution in [3.63, 3.8) is 0 Å². The van der Waals surface area contributed by atoms with Gasteiger partial charge in [-0.25, -0.2) is 0 Å². The van der Waals surface area contributed by atoms with Crippen LogP contribution in [0.1, 0.15) is 73.1 Å². The predicted octanol–water partition coefficient (Wildman–Crippen LogP) is 3.63. The summed E-state index contributed by atoms with van der Waals surface area (Å²) in [6, 6.07) is 0. The normalized spacial score (nSPS) is 16.7. The highest BCUT2D eigenvalue weighted by molar-refractivity contribution is 5.88. The molecule has 1 saturated heterocycles. The van der Waals surface area contributed by atoms with E-state index in [1.54, 1.807) is 0 Å². The van der Waals surface area contributed by atoms with Gasteiger partial charge in [-0.2, -0.15) is 0 Å². The van der Waals surface area contributed by atoms with Crippen molar-refractivity contribution in [1.29, 1.82) is 0 Å². The van der Waals surface area contributed by atoms with Crippen molar-refractivity contribution in [3.8, 4) is 0 Å². The van der Waals surface area contributed by atoms with Gasteiger partial charge in [-0.15, -0.1) is 0 Å². The number of hydrogen-bond donors (Lipinski definition) is 0. The van der Waals surface area contributed by atoms with Crippen LogP contribution in [0.3, 0.4) is 0 Å². The molecule has 1 fully saturated rings. The van der Waals surface area contributed by atoms with E-state index in [1.165, 1.54) is 0 Å². The lowest BCUT2D eigenvalue weighted by atomic mass is 9.86. The van der Waals surface area contributed by atoms with Crippen molar-refractivity contribution in [3.05, 3.63) is 0 Å². The minimum atomic E-state index is -0.359. The second-order valence-electron chi connectivity index (χ2n) is 8.34. The zero-order chi connectivity index (χ0) is 17.6. The summed E-state index contributed by atoms with van der Waals surface area (Å²) in [7, 11) is 0. The summed E-state index contributed by atoms with van der Waals surface area (Å²) in [5.74, 6) is 1.34. The Bertz CT molecular complexity index is 426. The van der Waals surface area contributed by atoms with Crippen LogP contribution in [-0.2, 0) is 14.4 Å². The SMILES string of the molecule is CC(C)CC(=O)N1CCC(CC(=O)CCC(=O)C(C)(C)C)CC1. The van der Waals surface area contributed by atoms with E-state index in [0.29, 0.717) is 37.5 Å². The molecule has 0 N–H and O–H groups in total. The zero-order valence-electron chi connectivity index (χ0n) is 15.5. The molecule has 0 aromatic rings. The highest BCUT2D eigenvalue weighted by Gasteiger charge is 2.26. The molecular weight excluding hydrogens is 290 g/mol. The largest absolute Gasteiger partial charge is 0.343 e. The molecule has 0 saturated carbocycles. The summed E-state index contributed by atoms with van der Waals surface area (Å²) >= 11 is 0. The molecule has 0 spiro atoms. The minimum absolute atomic E-state index is 0.153. The molecule has 0 radical (unpaired) electrons. The van der Waals surface area contributed by atoms with E-state index in [2.05, 4.69) is 13.8 Å². The Kier molecular flexibility index (Phi) is 7.43. The molecule has 132 valence electrons. The molecule has 0 aromatic carbocycles. The molecule has 4 nitrogen and oxygen atoms in total. The van der Waals surface area contributed by atoms with E-state index in [1.807, 2.05) is 25.7 Å². The number of piperidine rings is 1. The fourth-order valence-electron chi connectivity index (χ4n) is 2.92. The number of amides is 1.